The number of halogens is 1. The van der Waals surface area contributed by atoms with Crippen LogP contribution in [0.5, 0.6) is 5.75 Å². The number of benzene rings is 3. The highest BCUT2D eigenvalue weighted by molar-refractivity contribution is 14.1. The average Bonchev–Trinajstić information content (AvgIpc) is 2.71. The fourth-order valence-corrected chi connectivity index (χ4v) is 7.05. The molecule has 4 rings (SSSR count). The van der Waals surface area contributed by atoms with Crippen molar-refractivity contribution in [3.63, 3.8) is 0 Å². The van der Waals surface area contributed by atoms with Crippen LogP contribution >= 0.6 is 34.4 Å². The van der Waals surface area contributed by atoms with Gasteiger partial charge in [0.15, 0.2) is 14.7 Å². The highest BCUT2D eigenvalue weighted by Crippen LogP contribution is 2.48. The minimum absolute atomic E-state index is 0.146. The molecule has 3 aromatic carbocycles. The first-order valence-electron chi connectivity index (χ1n) is 8.73. The molecule has 2 nitrogen and oxygen atoms in total. The maximum absolute atomic E-state index is 11.9. The molecule has 1 aliphatic rings. The van der Waals surface area contributed by atoms with Crippen LogP contribution in [-0.4, -0.2) is 10.4 Å². The lowest BCUT2D eigenvalue weighted by Gasteiger charge is -2.18. The Labute approximate surface area is 180 Å². The Balaban J connectivity index is 1.64. The van der Waals surface area contributed by atoms with Crippen molar-refractivity contribution in [1.82, 2.24) is 0 Å². The zero-order chi connectivity index (χ0) is 18.6. The van der Waals surface area contributed by atoms with Gasteiger partial charge < -0.3 is 4.74 Å². The van der Waals surface area contributed by atoms with Gasteiger partial charge in [-0.1, -0.05) is 58.6 Å². The van der Waals surface area contributed by atoms with E-state index in [2.05, 4.69) is 83.3 Å². The van der Waals surface area contributed by atoms with E-state index in [1.54, 1.807) is 0 Å². The Hall–Kier alpha value is -1.44. The Morgan fingerprint density at radius 2 is 1.48 bits per heavy atom. The molecule has 0 unspecified atom stereocenters. The van der Waals surface area contributed by atoms with Crippen LogP contribution in [0.2, 0.25) is 0 Å². The first-order valence-corrected chi connectivity index (χ1v) is 12.3. The number of rotatable bonds is 5. The fraction of sp³-hybridized carbons (Fsp3) is 0.136. The Kier molecular flexibility index (Phi) is 6.10. The number of hydrogen-bond donors (Lipinski definition) is 0. The Bertz CT molecular complexity index is 911. The summed E-state index contributed by atoms with van der Waals surface area (Å²) < 4.78 is 6.42. The van der Waals surface area contributed by atoms with Gasteiger partial charge in [0.25, 0.3) is 0 Å². The zero-order valence-electron chi connectivity index (χ0n) is 14.6. The summed E-state index contributed by atoms with van der Waals surface area (Å²) in [6, 6.07) is 25.2. The molecule has 27 heavy (non-hydrogen) atoms. The third-order valence-corrected chi connectivity index (χ3v) is 8.67. The van der Waals surface area contributed by atoms with E-state index in [4.69, 9.17) is 4.74 Å². The van der Waals surface area contributed by atoms with Crippen molar-refractivity contribution in [2.75, 3.05) is 4.43 Å². The minimum Gasteiger partial charge on any atom is -0.427 e. The second kappa shape index (κ2) is 8.71. The summed E-state index contributed by atoms with van der Waals surface area (Å²) >= 11 is 4.11. The van der Waals surface area contributed by atoms with Crippen molar-refractivity contribution in [3.8, 4) is 5.75 Å². The van der Waals surface area contributed by atoms with Crippen LogP contribution in [0.15, 0.2) is 97.3 Å². The van der Waals surface area contributed by atoms with Gasteiger partial charge in [-0.2, -0.15) is 0 Å². The highest BCUT2D eigenvalue weighted by Gasteiger charge is 2.37. The van der Waals surface area contributed by atoms with Crippen LogP contribution in [0.4, 0.5) is 0 Å². The maximum Gasteiger partial charge on any atom is 0.311 e. The van der Waals surface area contributed by atoms with Gasteiger partial charge in [0.1, 0.15) is 16.6 Å². The van der Waals surface area contributed by atoms with Gasteiger partial charge in [-0.3, -0.25) is 4.79 Å². The van der Waals surface area contributed by atoms with E-state index in [0.717, 1.165) is 10.8 Å². The summed E-state index contributed by atoms with van der Waals surface area (Å²) in [6.07, 6.45) is 1.32. The summed E-state index contributed by atoms with van der Waals surface area (Å²) in [6.45, 7) is 0. The van der Waals surface area contributed by atoms with Crippen LogP contribution in [0.25, 0.3) is 0 Å². The predicted molar refractivity (Wildman–Crippen MR) is 119 cm³/mol. The van der Waals surface area contributed by atoms with Gasteiger partial charge in [0, 0.05) is 10.8 Å². The van der Waals surface area contributed by atoms with Crippen molar-refractivity contribution < 1.29 is 9.53 Å². The van der Waals surface area contributed by atoms with Gasteiger partial charge in [-0.15, -0.1) is 0 Å². The van der Waals surface area contributed by atoms with Crippen LogP contribution < -0.4 is 4.74 Å². The molecular weight excluding hydrogens is 487 g/mol. The lowest BCUT2D eigenvalue weighted by Crippen LogP contribution is -2.11. The second-order valence-corrected chi connectivity index (χ2v) is 10.2. The topological polar surface area (TPSA) is 26.3 Å². The molecule has 0 saturated heterocycles. The van der Waals surface area contributed by atoms with Crippen molar-refractivity contribution in [2.24, 2.45) is 0 Å². The first-order chi connectivity index (χ1) is 13.3. The smallest absolute Gasteiger partial charge is 0.311 e. The molecule has 3 aromatic rings. The molecule has 0 aromatic heterocycles. The molecule has 0 spiro atoms. The number of carbonyl (C=O) groups is 1. The number of ether oxygens (including phenoxy) is 1. The molecule has 0 amide bonds. The van der Waals surface area contributed by atoms with Gasteiger partial charge in [0.2, 0.25) is 0 Å². The van der Waals surface area contributed by atoms with E-state index >= 15 is 0 Å². The van der Waals surface area contributed by atoms with E-state index in [0.29, 0.717) is 12.2 Å². The SMILES string of the molecule is O=C(CCCI)Oc1ccc([S+]2c3ccccc3Sc3ccccc32)cc1. The molecule has 136 valence electrons. The fourth-order valence-electron chi connectivity index (χ4n) is 2.93. The third-order valence-electron chi connectivity index (χ3n) is 4.16. The highest BCUT2D eigenvalue weighted by atomic mass is 127. The van der Waals surface area contributed by atoms with E-state index in [1.165, 1.54) is 24.5 Å². The predicted octanol–water partition coefficient (Wildman–Crippen LogP) is 6.37. The summed E-state index contributed by atoms with van der Waals surface area (Å²) in [5, 5.41) is 0. The number of fused-ring (bicyclic) bond motifs is 2. The lowest BCUT2D eigenvalue weighted by atomic mass is 10.3. The molecule has 0 radical (unpaired) electrons. The van der Waals surface area contributed by atoms with Crippen LogP contribution in [-0.2, 0) is 15.7 Å². The third kappa shape index (κ3) is 4.20. The van der Waals surface area contributed by atoms with E-state index < -0.39 is 0 Å². The largest absolute Gasteiger partial charge is 0.427 e. The standard InChI is InChI=1S/C22H18IO2S2/c23-15-5-10-22(24)25-16-11-13-17(14-12-16)27-20-8-3-1-6-18(20)26-19-7-2-4-9-21(19)27/h1-4,6-9,11-14H,5,10,15H2/q+1. The molecule has 0 aliphatic carbocycles. The molecular formula is C22H18IO2S2+. The lowest BCUT2D eigenvalue weighted by molar-refractivity contribution is -0.134. The number of carbonyl (C=O) groups excluding carboxylic acids is 1. The molecule has 0 fully saturated rings. The van der Waals surface area contributed by atoms with Crippen molar-refractivity contribution in [1.29, 1.82) is 0 Å². The molecule has 5 heteroatoms. The summed E-state index contributed by atoms with van der Waals surface area (Å²) in [5.74, 6) is 0.459. The summed E-state index contributed by atoms with van der Waals surface area (Å²) in [5.41, 5.74) is 0. The normalized spacial score (nSPS) is 12.9. The van der Waals surface area contributed by atoms with Crippen molar-refractivity contribution in [2.45, 2.75) is 37.3 Å². The van der Waals surface area contributed by atoms with E-state index in [1.807, 2.05) is 23.9 Å². The Morgan fingerprint density at radius 3 is 2.07 bits per heavy atom. The van der Waals surface area contributed by atoms with Crippen LogP contribution in [0, 0.1) is 0 Å². The minimum atomic E-state index is -0.161. The van der Waals surface area contributed by atoms with E-state index in [9.17, 15) is 4.79 Å². The van der Waals surface area contributed by atoms with Gasteiger partial charge in [0.05, 0.1) is 9.79 Å². The summed E-state index contributed by atoms with van der Waals surface area (Å²) in [4.78, 5) is 18.4. The molecule has 0 saturated carbocycles. The van der Waals surface area contributed by atoms with Gasteiger partial charge in [-0.25, -0.2) is 0 Å². The average molecular weight is 505 g/mol. The van der Waals surface area contributed by atoms with Crippen molar-refractivity contribution in [3.05, 3.63) is 72.8 Å². The van der Waals surface area contributed by atoms with E-state index in [-0.39, 0.29) is 16.9 Å². The van der Waals surface area contributed by atoms with Gasteiger partial charge >= 0.3 is 5.97 Å². The zero-order valence-corrected chi connectivity index (χ0v) is 18.4. The summed E-state index contributed by atoms with van der Waals surface area (Å²) in [7, 11) is -0.146. The number of esters is 1. The first kappa shape index (κ1) is 18.9. The molecule has 1 heterocycles. The van der Waals surface area contributed by atoms with Gasteiger partial charge in [-0.05, 0) is 55.0 Å². The molecule has 0 N–H and O–H groups in total. The van der Waals surface area contributed by atoms with Crippen LogP contribution in [0.1, 0.15) is 12.8 Å². The Morgan fingerprint density at radius 1 is 0.889 bits per heavy atom. The second-order valence-electron chi connectivity index (χ2n) is 6.04. The monoisotopic (exact) mass is 505 g/mol. The van der Waals surface area contributed by atoms with Crippen molar-refractivity contribution >= 4 is 51.2 Å². The van der Waals surface area contributed by atoms with Crippen LogP contribution in [0.3, 0.4) is 0 Å². The number of hydrogen-bond acceptors (Lipinski definition) is 3. The molecule has 0 atom stereocenters. The maximum atomic E-state index is 11.9. The number of alkyl halides is 1. The molecule has 0 bridgehead atoms. The molecule has 1 aliphatic heterocycles. The quantitative estimate of drug-likeness (QED) is 0.104.